The lowest BCUT2D eigenvalue weighted by Gasteiger charge is -2.23. The highest BCUT2D eigenvalue weighted by molar-refractivity contribution is 5.98. The van der Waals surface area contributed by atoms with Crippen LogP contribution in [0.5, 0.6) is 0 Å². The van der Waals surface area contributed by atoms with Gasteiger partial charge in [-0.1, -0.05) is 43.7 Å². The van der Waals surface area contributed by atoms with E-state index in [9.17, 15) is 28.8 Å². The van der Waals surface area contributed by atoms with Crippen molar-refractivity contribution in [1.29, 1.82) is 0 Å². The molecule has 0 saturated heterocycles. The van der Waals surface area contributed by atoms with Gasteiger partial charge in [-0.05, 0) is 39.0 Å². The molecule has 0 saturated carbocycles. The van der Waals surface area contributed by atoms with Crippen LogP contribution in [-0.4, -0.2) is 47.8 Å². The normalized spacial score (nSPS) is 13.6. The first kappa shape index (κ1) is 29.7. The molecule has 1 aromatic carbocycles. The quantitative estimate of drug-likeness (QED) is 0.182. The van der Waals surface area contributed by atoms with Crippen molar-refractivity contribution in [2.24, 2.45) is 29.2 Å². The Morgan fingerprint density at radius 3 is 2.16 bits per heavy atom. The van der Waals surface area contributed by atoms with Gasteiger partial charge in [0.2, 0.25) is 11.8 Å². The van der Waals surface area contributed by atoms with Crippen molar-refractivity contribution >= 4 is 35.2 Å². The number of primary amides is 2. The zero-order chi connectivity index (χ0) is 28.8. The highest BCUT2D eigenvalue weighted by Gasteiger charge is 2.29. The van der Waals surface area contributed by atoms with Crippen molar-refractivity contribution in [3.63, 3.8) is 0 Å². The van der Waals surface area contributed by atoms with Gasteiger partial charge in [-0.3, -0.25) is 24.0 Å². The van der Waals surface area contributed by atoms with Gasteiger partial charge in [-0.2, -0.15) is 0 Å². The molecule has 204 valence electrons. The Morgan fingerprint density at radius 2 is 1.62 bits per heavy atom. The summed E-state index contributed by atoms with van der Waals surface area (Å²) in [4.78, 5) is 73.4. The summed E-state index contributed by atoms with van der Waals surface area (Å²) in [5, 5.41) is 5.12. The Labute approximate surface area is 219 Å². The minimum atomic E-state index is -0.864. The van der Waals surface area contributed by atoms with Gasteiger partial charge in [0.15, 0.2) is 13.0 Å². The molecule has 1 rings (SSSR count). The maximum Gasteiger partial charge on any atom is 0.312 e. The first-order chi connectivity index (χ1) is 17.8. The number of aryl methyl sites for hydroxylation is 1. The molecule has 0 radical (unpaired) electrons. The summed E-state index contributed by atoms with van der Waals surface area (Å²) in [7, 11) is 0. The Hall–Kier alpha value is -3.56. The predicted molar refractivity (Wildman–Crippen MR) is 139 cm³/mol. The third-order valence-electron chi connectivity index (χ3n) is 6.28. The summed E-state index contributed by atoms with van der Waals surface area (Å²) in [6, 6.07) is 5.51. The van der Waals surface area contributed by atoms with Crippen molar-refractivity contribution in [2.75, 3.05) is 6.54 Å². The van der Waals surface area contributed by atoms with E-state index < -0.39 is 35.7 Å². The number of benzene rings is 1. The van der Waals surface area contributed by atoms with Crippen LogP contribution in [0.2, 0.25) is 1.41 Å². The van der Waals surface area contributed by atoms with Crippen LogP contribution in [-0.2, 0) is 19.2 Å². The summed E-state index contributed by atoms with van der Waals surface area (Å²) in [5.41, 5.74) is 8.35. The van der Waals surface area contributed by atoms with Crippen molar-refractivity contribution in [3.8, 4) is 0 Å². The zero-order valence-corrected chi connectivity index (χ0v) is 22.1. The minimum absolute atomic E-state index is 0.00720. The molecule has 0 aliphatic carbocycles. The third kappa shape index (κ3) is 11.8. The van der Waals surface area contributed by atoms with E-state index in [0.717, 1.165) is 5.56 Å². The van der Waals surface area contributed by atoms with Crippen LogP contribution in [0.1, 0.15) is 75.2 Å². The second kappa shape index (κ2) is 15.5. The highest BCUT2D eigenvalue weighted by atomic mass is 16.2. The van der Waals surface area contributed by atoms with Crippen LogP contribution in [0.3, 0.4) is 0 Å². The van der Waals surface area contributed by atoms with Gasteiger partial charge in [0, 0.05) is 43.2 Å². The van der Waals surface area contributed by atoms with Crippen molar-refractivity contribution in [2.45, 2.75) is 72.3 Å². The molecule has 0 unspecified atom stereocenters. The Morgan fingerprint density at radius 1 is 0.973 bits per heavy atom. The smallest absolute Gasteiger partial charge is 0.312 e. The number of amides is 4. The number of hydrogen-bond acceptors (Lipinski definition) is 6. The maximum atomic E-state index is 13.0. The van der Waals surface area contributed by atoms with Gasteiger partial charge in [0.25, 0.3) is 0 Å². The fourth-order valence-corrected chi connectivity index (χ4v) is 3.96. The van der Waals surface area contributed by atoms with Gasteiger partial charge < -0.3 is 22.1 Å². The lowest BCUT2D eigenvalue weighted by molar-refractivity contribution is -0.131. The Bertz CT molecular complexity index is 996. The number of ketones is 3. The molecule has 10 nitrogen and oxygen atoms in total. The molecule has 3 atom stereocenters. The van der Waals surface area contributed by atoms with Gasteiger partial charge >= 0.3 is 6.03 Å². The molecule has 0 aliphatic rings. The second-order valence-electron chi connectivity index (χ2n) is 9.79. The first-order valence-corrected chi connectivity index (χ1v) is 12.5. The van der Waals surface area contributed by atoms with E-state index in [1.54, 1.807) is 31.7 Å². The monoisotopic (exact) mass is 517 g/mol. The van der Waals surface area contributed by atoms with E-state index >= 15 is 0 Å². The first-order valence-electron chi connectivity index (χ1n) is 13.0. The SMILES string of the molecule is [2H]NC(=O)[C@H](CCCNC(N)=O)CC(=O)[C@@H](NC(=O)CC[C@H](CC(=O)c1ccc(C)cc1)C(C)=O)C(C)C. The molecule has 1 aromatic rings. The van der Waals surface area contributed by atoms with Crippen LogP contribution in [0.15, 0.2) is 24.3 Å². The van der Waals surface area contributed by atoms with Gasteiger partial charge in [0.1, 0.15) is 5.78 Å². The number of hydrogen-bond donors (Lipinski definition) is 4. The van der Waals surface area contributed by atoms with Crippen molar-refractivity contribution in [1.82, 2.24) is 10.6 Å². The average Bonchev–Trinajstić information content (AvgIpc) is 2.85. The fourth-order valence-electron chi connectivity index (χ4n) is 3.96. The number of nitrogens with two attached hydrogens (primary N) is 2. The molecule has 0 heterocycles. The van der Waals surface area contributed by atoms with Crippen LogP contribution < -0.4 is 22.1 Å². The molecule has 10 heteroatoms. The molecule has 6 N–H and O–H groups in total. The number of Topliss-reactive ketones (excluding diaryl/α,β-unsaturated/α-hetero) is 3. The number of nitrogens with one attached hydrogen (secondary N) is 2. The molecule has 4 amide bonds. The summed E-state index contributed by atoms with van der Waals surface area (Å²) >= 11 is 0. The lowest BCUT2D eigenvalue weighted by atomic mass is 9.89. The van der Waals surface area contributed by atoms with Crippen LogP contribution in [0, 0.1) is 24.7 Å². The van der Waals surface area contributed by atoms with E-state index in [1.165, 1.54) is 6.92 Å². The van der Waals surface area contributed by atoms with E-state index in [1.807, 2.05) is 19.1 Å². The molecule has 0 aromatic heterocycles. The Kier molecular flexibility index (Phi) is 12.5. The number of urea groups is 1. The van der Waals surface area contributed by atoms with Crippen molar-refractivity contribution in [3.05, 3.63) is 35.4 Å². The van der Waals surface area contributed by atoms with Crippen LogP contribution in [0.4, 0.5) is 4.79 Å². The molecule has 0 bridgehead atoms. The third-order valence-corrected chi connectivity index (χ3v) is 6.28. The number of rotatable bonds is 17. The Balaban J connectivity index is 2.74. The highest BCUT2D eigenvalue weighted by Crippen LogP contribution is 2.19. The summed E-state index contributed by atoms with van der Waals surface area (Å²) in [6.07, 6.45) is 0.537. The average molecular weight is 518 g/mol. The molecule has 0 fully saturated rings. The lowest BCUT2D eigenvalue weighted by Crippen LogP contribution is -2.45. The molecular weight excluding hydrogens is 476 g/mol. The molecule has 0 spiro atoms. The maximum absolute atomic E-state index is 13.0. The van der Waals surface area contributed by atoms with Gasteiger partial charge in [0.05, 0.1) is 6.04 Å². The number of carbonyl (C=O) groups excluding carboxylic acids is 6. The topological polar surface area (TPSA) is 179 Å². The van der Waals surface area contributed by atoms with Gasteiger partial charge in [-0.25, -0.2) is 4.79 Å². The largest absolute Gasteiger partial charge is 0.369 e. The minimum Gasteiger partial charge on any atom is -0.369 e. The van der Waals surface area contributed by atoms with E-state index in [-0.39, 0.29) is 61.9 Å². The molecule has 0 aliphatic heterocycles. The van der Waals surface area contributed by atoms with Crippen LogP contribution >= 0.6 is 0 Å². The second-order valence-corrected chi connectivity index (χ2v) is 9.79. The summed E-state index contributed by atoms with van der Waals surface area (Å²) < 4.78 is 7.16. The molecule has 37 heavy (non-hydrogen) atoms. The predicted octanol–water partition coefficient (Wildman–Crippen LogP) is 2.20. The molecular formula is C27H40N4O6. The fraction of sp³-hybridized carbons (Fsp3) is 0.556. The summed E-state index contributed by atoms with van der Waals surface area (Å²) in [6.45, 7) is 7.05. The summed E-state index contributed by atoms with van der Waals surface area (Å²) in [5.74, 6) is -3.48. The zero-order valence-electron chi connectivity index (χ0n) is 23.1. The van der Waals surface area contributed by atoms with Crippen LogP contribution in [0.25, 0.3) is 0 Å². The van der Waals surface area contributed by atoms with Gasteiger partial charge in [-0.15, -0.1) is 0 Å². The standard InChI is InChI=1S/C27H40N4O6/c1-16(2)25(23(34)15-21(26(28)36)6-5-13-30-27(29)37)31-24(35)12-11-20(18(4)32)14-22(33)19-9-7-17(3)8-10-19/h7-10,16,20-21,25H,5-6,11-15H2,1-4H3,(H2,28,36)(H,31,35)(H3,29,30,37)/t20-,21-,25+/m1/s1/i/hD. The van der Waals surface area contributed by atoms with Crippen molar-refractivity contribution < 1.29 is 30.2 Å². The van der Waals surface area contributed by atoms with E-state index in [2.05, 4.69) is 10.6 Å². The number of carbonyl (C=O) groups is 6. The van der Waals surface area contributed by atoms with E-state index in [4.69, 9.17) is 7.15 Å². The van der Waals surface area contributed by atoms with E-state index in [0.29, 0.717) is 12.0 Å².